The van der Waals surface area contributed by atoms with Crippen LogP contribution in [-0.2, 0) is 5.41 Å². The van der Waals surface area contributed by atoms with Gasteiger partial charge in [0.25, 0.3) is 0 Å². The molecule has 1 aromatic rings. The molecule has 0 saturated heterocycles. The van der Waals surface area contributed by atoms with Gasteiger partial charge < -0.3 is 0 Å². The molecule has 0 aromatic carbocycles. The van der Waals surface area contributed by atoms with E-state index in [1.807, 2.05) is 13.0 Å². The second-order valence-corrected chi connectivity index (χ2v) is 5.34. The SMILES string of the molecule is CCCC(C)(CC)c1c(Cl)cc(C)nc1Cl. The van der Waals surface area contributed by atoms with Gasteiger partial charge in [-0.2, -0.15) is 0 Å². The van der Waals surface area contributed by atoms with Crippen LogP contribution in [0.4, 0.5) is 0 Å². The summed E-state index contributed by atoms with van der Waals surface area (Å²) in [5, 5.41) is 1.30. The Balaban J connectivity index is 3.30. The first-order chi connectivity index (χ1) is 7.44. The van der Waals surface area contributed by atoms with Crippen LogP contribution in [0.1, 0.15) is 51.3 Å². The predicted molar refractivity (Wildman–Crippen MR) is 71.5 cm³/mol. The molecule has 1 nitrogen and oxygen atoms in total. The summed E-state index contributed by atoms with van der Waals surface area (Å²) in [6.07, 6.45) is 3.21. The highest BCUT2D eigenvalue weighted by Crippen LogP contribution is 2.40. The number of nitrogens with zero attached hydrogens (tertiary/aromatic N) is 1. The van der Waals surface area contributed by atoms with Crippen molar-refractivity contribution in [3.8, 4) is 0 Å². The molecule has 0 aliphatic rings. The second-order valence-electron chi connectivity index (χ2n) is 4.58. The van der Waals surface area contributed by atoms with E-state index in [1.165, 1.54) is 0 Å². The Labute approximate surface area is 108 Å². The summed E-state index contributed by atoms with van der Waals surface area (Å²) >= 11 is 12.5. The van der Waals surface area contributed by atoms with E-state index in [0.717, 1.165) is 35.5 Å². The number of rotatable bonds is 4. The first-order valence-corrected chi connectivity index (χ1v) is 6.53. The topological polar surface area (TPSA) is 12.9 Å². The molecule has 0 saturated carbocycles. The van der Waals surface area contributed by atoms with Gasteiger partial charge in [-0.15, -0.1) is 0 Å². The maximum absolute atomic E-state index is 6.31. The highest BCUT2D eigenvalue weighted by atomic mass is 35.5. The van der Waals surface area contributed by atoms with Gasteiger partial charge in [0.1, 0.15) is 5.15 Å². The summed E-state index contributed by atoms with van der Waals surface area (Å²) in [7, 11) is 0. The van der Waals surface area contributed by atoms with Crippen molar-refractivity contribution in [3.05, 3.63) is 27.5 Å². The van der Waals surface area contributed by atoms with E-state index in [0.29, 0.717) is 5.15 Å². The van der Waals surface area contributed by atoms with Gasteiger partial charge in [0.05, 0.1) is 0 Å². The van der Waals surface area contributed by atoms with Gasteiger partial charge in [-0.1, -0.05) is 50.4 Å². The predicted octanol–water partition coefficient (Wildman–Crippen LogP) is 5.16. The quantitative estimate of drug-likeness (QED) is 0.681. The van der Waals surface area contributed by atoms with Crippen LogP contribution in [0, 0.1) is 6.92 Å². The fourth-order valence-corrected chi connectivity index (χ4v) is 3.15. The molecule has 16 heavy (non-hydrogen) atoms. The Morgan fingerprint density at radius 2 is 1.94 bits per heavy atom. The van der Waals surface area contributed by atoms with Crippen LogP contribution >= 0.6 is 23.2 Å². The molecular weight excluding hydrogens is 241 g/mol. The van der Waals surface area contributed by atoms with Gasteiger partial charge in [-0.3, -0.25) is 0 Å². The number of aryl methyl sites for hydroxylation is 1. The highest BCUT2D eigenvalue weighted by molar-refractivity contribution is 6.35. The van der Waals surface area contributed by atoms with E-state index >= 15 is 0 Å². The molecule has 3 heteroatoms. The van der Waals surface area contributed by atoms with E-state index in [9.17, 15) is 0 Å². The van der Waals surface area contributed by atoms with E-state index in [4.69, 9.17) is 23.2 Å². The number of hydrogen-bond donors (Lipinski definition) is 0. The van der Waals surface area contributed by atoms with Crippen LogP contribution in [0.2, 0.25) is 10.2 Å². The minimum atomic E-state index is 0.0314. The van der Waals surface area contributed by atoms with Crippen molar-refractivity contribution in [1.29, 1.82) is 0 Å². The zero-order valence-corrected chi connectivity index (χ0v) is 11.9. The van der Waals surface area contributed by atoms with Crippen LogP contribution in [0.5, 0.6) is 0 Å². The van der Waals surface area contributed by atoms with Gasteiger partial charge in [-0.05, 0) is 31.2 Å². The summed E-state index contributed by atoms with van der Waals surface area (Å²) in [4.78, 5) is 4.31. The maximum Gasteiger partial charge on any atom is 0.134 e. The van der Waals surface area contributed by atoms with Gasteiger partial charge >= 0.3 is 0 Å². The van der Waals surface area contributed by atoms with Gasteiger partial charge in [-0.25, -0.2) is 4.98 Å². The number of hydrogen-bond acceptors (Lipinski definition) is 1. The first-order valence-electron chi connectivity index (χ1n) is 5.77. The van der Waals surface area contributed by atoms with E-state index in [1.54, 1.807) is 0 Å². The second kappa shape index (κ2) is 5.37. The Kier molecular flexibility index (Phi) is 4.63. The van der Waals surface area contributed by atoms with Gasteiger partial charge in [0, 0.05) is 16.3 Å². The van der Waals surface area contributed by atoms with Crippen LogP contribution in [-0.4, -0.2) is 4.98 Å². The lowest BCUT2D eigenvalue weighted by atomic mass is 9.77. The third-order valence-electron chi connectivity index (χ3n) is 3.24. The minimum absolute atomic E-state index is 0.0314. The molecule has 0 N–H and O–H groups in total. The minimum Gasteiger partial charge on any atom is -0.241 e. The maximum atomic E-state index is 6.31. The molecule has 0 aliphatic carbocycles. The Bertz CT molecular complexity index is 353. The van der Waals surface area contributed by atoms with Crippen molar-refractivity contribution in [1.82, 2.24) is 4.98 Å². The Morgan fingerprint density at radius 3 is 2.38 bits per heavy atom. The standard InChI is InChI=1S/C13H19Cl2N/c1-5-7-13(4,6-2)11-10(14)8-9(3)16-12(11)15/h8H,5-7H2,1-4H3. The molecule has 1 heterocycles. The number of pyridine rings is 1. The average molecular weight is 260 g/mol. The molecule has 0 spiro atoms. The van der Waals surface area contributed by atoms with Crippen molar-refractivity contribution in [3.63, 3.8) is 0 Å². The molecule has 0 amide bonds. The van der Waals surface area contributed by atoms with Crippen molar-refractivity contribution < 1.29 is 0 Å². The van der Waals surface area contributed by atoms with E-state index < -0.39 is 0 Å². The third-order valence-corrected chi connectivity index (χ3v) is 3.81. The first kappa shape index (κ1) is 13.8. The Morgan fingerprint density at radius 1 is 1.31 bits per heavy atom. The van der Waals surface area contributed by atoms with E-state index in [-0.39, 0.29) is 5.41 Å². The van der Waals surface area contributed by atoms with Crippen LogP contribution in [0.3, 0.4) is 0 Å². The van der Waals surface area contributed by atoms with Crippen LogP contribution in [0.25, 0.3) is 0 Å². The summed E-state index contributed by atoms with van der Waals surface area (Å²) in [5.41, 5.74) is 1.91. The highest BCUT2D eigenvalue weighted by Gasteiger charge is 2.29. The molecule has 1 atom stereocenters. The molecule has 1 aromatic heterocycles. The molecule has 0 aliphatic heterocycles. The van der Waals surface area contributed by atoms with E-state index in [2.05, 4.69) is 25.8 Å². The summed E-state index contributed by atoms with van der Waals surface area (Å²) in [6, 6.07) is 1.90. The van der Waals surface area contributed by atoms with Gasteiger partial charge in [0.2, 0.25) is 0 Å². The molecule has 0 fully saturated rings. The molecule has 0 radical (unpaired) electrons. The lowest BCUT2D eigenvalue weighted by Gasteiger charge is -2.30. The number of aromatic nitrogens is 1. The molecule has 0 bridgehead atoms. The number of halogens is 2. The van der Waals surface area contributed by atoms with Gasteiger partial charge in [0.15, 0.2) is 0 Å². The van der Waals surface area contributed by atoms with Crippen molar-refractivity contribution in [2.45, 2.75) is 52.4 Å². The van der Waals surface area contributed by atoms with Crippen LogP contribution < -0.4 is 0 Å². The lowest BCUT2D eigenvalue weighted by molar-refractivity contribution is 0.413. The molecule has 1 unspecified atom stereocenters. The zero-order chi connectivity index (χ0) is 12.3. The normalized spacial score (nSPS) is 14.9. The third kappa shape index (κ3) is 2.70. The zero-order valence-electron chi connectivity index (χ0n) is 10.4. The summed E-state index contributed by atoms with van der Waals surface area (Å²) in [5.74, 6) is 0. The summed E-state index contributed by atoms with van der Waals surface area (Å²) in [6.45, 7) is 8.46. The fraction of sp³-hybridized carbons (Fsp3) is 0.615. The Hall–Kier alpha value is -0.270. The lowest BCUT2D eigenvalue weighted by Crippen LogP contribution is -2.22. The van der Waals surface area contributed by atoms with Crippen molar-refractivity contribution >= 4 is 23.2 Å². The largest absolute Gasteiger partial charge is 0.241 e. The van der Waals surface area contributed by atoms with Crippen molar-refractivity contribution in [2.75, 3.05) is 0 Å². The monoisotopic (exact) mass is 259 g/mol. The molecule has 90 valence electrons. The van der Waals surface area contributed by atoms with Crippen LogP contribution in [0.15, 0.2) is 6.07 Å². The fourth-order valence-electron chi connectivity index (χ4n) is 2.16. The average Bonchev–Trinajstić information content (AvgIpc) is 2.16. The smallest absolute Gasteiger partial charge is 0.134 e. The molecular formula is C13H19Cl2N. The summed E-state index contributed by atoms with van der Waals surface area (Å²) < 4.78 is 0. The van der Waals surface area contributed by atoms with Crippen molar-refractivity contribution in [2.24, 2.45) is 0 Å². The molecule has 1 rings (SSSR count).